The van der Waals surface area contributed by atoms with E-state index in [-0.39, 0.29) is 10.7 Å². The minimum Gasteiger partial charge on any atom is -0.207 e. The molecular weight excluding hydrogens is 234 g/mol. The van der Waals surface area contributed by atoms with Crippen LogP contribution in [0.2, 0.25) is 5.02 Å². The van der Waals surface area contributed by atoms with Gasteiger partial charge in [-0.1, -0.05) is 11.6 Å². The summed E-state index contributed by atoms with van der Waals surface area (Å²) in [6.07, 6.45) is 0. The van der Waals surface area contributed by atoms with Gasteiger partial charge in [-0.3, -0.25) is 0 Å². The molecule has 0 aromatic heterocycles. The second kappa shape index (κ2) is 3.16. The molecule has 1 aromatic rings. The number of diazo groups is 1. The van der Waals surface area contributed by atoms with E-state index in [9.17, 15) is 4.39 Å². The van der Waals surface area contributed by atoms with E-state index in [0.717, 1.165) is 6.07 Å². The quantitative estimate of drug-likeness (QED) is 0.631. The van der Waals surface area contributed by atoms with Crippen LogP contribution in [0.15, 0.2) is 16.6 Å². The van der Waals surface area contributed by atoms with Crippen molar-refractivity contribution < 1.29 is 4.39 Å². The zero-order valence-electron chi connectivity index (χ0n) is 5.18. The number of rotatable bonds is 0. The van der Waals surface area contributed by atoms with Gasteiger partial charge in [-0.15, -0.1) is 0 Å². The predicted octanol–water partition coefficient (Wildman–Crippen LogP) is 3.73. The van der Waals surface area contributed by atoms with E-state index in [4.69, 9.17) is 17.0 Å². The molecule has 1 rings (SSSR count). The first kappa shape index (κ1) is 8.44. The van der Waals surface area contributed by atoms with Crippen LogP contribution < -0.4 is 0 Å². The molecule has 0 N–H and O–H groups in total. The minimum absolute atomic E-state index is 0.0689. The van der Waals surface area contributed by atoms with E-state index in [0.29, 0.717) is 4.47 Å². The maximum absolute atomic E-state index is 12.5. The summed E-state index contributed by atoms with van der Waals surface area (Å²) < 4.78 is 12.8. The first-order valence-corrected chi connectivity index (χ1v) is 3.82. The molecule has 0 aliphatic carbocycles. The lowest BCUT2D eigenvalue weighted by molar-refractivity contribution is 0.627. The molecule has 56 valence electrons. The Morgan fingerprint density at radius 2 is 2.18 bits per heavy atom. The molecule has 0 atom stereocenters. The van der Waals surface area contributed by atoms with E-state index in [1.807, 2.05) is 0 Å². The lowest BCUT2D eigenvalue weighted by atomic mass is 10.3. The van der Waals surface area contributed by atoms with Gasteiger partial charge < -0.3 is 0 Å². The molecule has 0 bridgehead atoms. The van der Waals surface area contributed by atoms with Crippen molar-refractivity contribution in [1.29, 1.82) is 5.39 Å². The molecule has 5 heteroatoms. The SMILES string of the molecule is N#[N+]c1c(Cl)cc(F)cc1Br. The van der Waals surface area contributed by atoms with Crippen LogP contribution in [0.25, 0.3) is 4.98 Å². The van der Waals surface area contributed by atoms with Gasteiger partial charge in [-0.2, -0.15) is 0 Å². The first-order valence-electron chi connectivity index (χ1n) is 2.65. The van der Waals surface area contributed by atoms with E-state index in [1.165, 1.54) is 6.07 Å². The highest BCUT2D eigenvalue weighted by Gasteiger charge is 2.18. The molecule has 0 amide bonds. The van der Waals surface area contributed by atoms with Crippen molar-refractivity contribution in [2.45, 2.75) is 0 Å². The summed E-state index contributed by atoms with van der Waals surface area (Å²) in [5, 5.41) is 8.45. The fourth-order valence-corrected chi connectivity index (χ4v) is 1.50. The summed E-state index contributed by atoms with van der Waals surface area (Å²) in [5.74, 6) is -0.478. The zero-order valence-corrected chi connectivity index (χ0v) is 7.52. The molecule has 0 saturated heterocycles. The third-order valence-electron chi connectivity index (χ3n) is 1.08. The largest absolute Gasteiger partial charge is 0.417 e. The molecule has 0 aliphatic rings. The Balaban J connectivity index is 3.40. The molecule has 2 nitrogen and oxygen atoms in total. The molecule has 0 heterocycles. The maximum atomic E-state index is 12.5. The van der Waals surface area contributed by atoms with Gasteiger partial charge in [-0.05, 0) is 22.0 Å². The highest BCUT2D eigenvalue weighted by atomic mass is 79.9. The van der Waals surface area contributed by atoms with Gasteiger partial charge in [0.15, 0.2) is 4.98 Å². The van der Waals surface area contributed by atoms with E-state index < -0.39 is 5.82 Å². The van der Waals surface area contributed by atoms with Gasteiger partial charge >= 0.3 is 5.69 Å². The van der Waals surface area contributed by atoms with Gasteiger partial charge in [0.05, 0.1) is 0 Å². The Morgan fingerprint density at radius 3 is 2.64 bits per heavy atom. The molecule has 0 saturated carbocycles. The van der Waals surface area contributed by atoms with Gasteiger partial charge in [0.1, 0.15) is 15.3 Å². The summed E-state index contributed by atoms with van der Waals surface area (Å²) in [5.41, 5.74) is 0.132. The third kappa shape index (κ3) is 1.67. The molecule has 0 aliphatic heterocycles. The molecular formula is C6H2BrClFN2+. The summed E-state index contributed by atoms with van der Waals surface area (Å²) in [4.78, 5) is 2.87. The zero-order chi connectivity index (χ0) is 8.43. The second-order valence-electron chi connectivity index (χ2n) is 1.82. The summed E-state index contributed by atoms with van der Waals surface area (Å²) >= 11 is 8.49. The highest BCUT2D eigenvalue weighted by molar-refractivity contribution is 9.10. The Kier molecular flexibility index (Phi) is 2.42. The lowest BCUT2D eigenvalue weighted by Crippen LogP contribution is -1.74. The van der Waals surface area contributed by atoms with Crippen LogP contribution in [-0.4, -0.2) is 0 Å². The summed E-state index contributed by atoms with van der Waals surface area (Å²) in [6, 6.07) is 2.24. The van der Waals surface area contributed by atoms with Crippen LogP contribution in [0.5, 0.6) is 0 Å². The van der Waals surface area contributed by atoms with Crippen molar-refractivity contribution in [1.82, 2.24) is 0 Å². The summed E-state index contributed by atoms with van der Waals surface area (Å²) in [7, 11) is 0. The van der Waals surface area contributed by atoms with Crippen LogP contribution >= 0.6 is 27.5 Å². The van der Waals surface area contributed by atoms with Crippen molar-refractivity contribution >= 4 is 33.2 Å². The average molecular weight is 236 g/mol. The average Bonchev–Trinajstić information content (AvgIpc) is 1.85. The van der Waals surface area contributed by atoms with Crippen LogP contribution in [-0.2, 0) is 0 Å². The van der Waals surface area contributed by atoms with E-state index in [1.54, 1.807) is 0 Å². The van der Waals surface area contributed by atoms with Gasteiger partial charge in [0.25, 0.3) is 0 Å². The Hall–Kier alpha value is -0.660. The normalized spacial score (nSPS) is 9.27. The van der Waals surface area contributed by atoms with Gasteiger partial charge in [0.2, 0.25) is 5.39 Å². The molecule has 0 spiro atoms. The minimum atomic E-state index is -0.478. The van der Waals surface area contributed by atoms with E-state index >= 15 is 0 Å². The Labute approximate surface area is 75.7 Å². The van der Waals surface area contributed by atoms with Gasteiger partial charge in [0, 0.05) is 6.07 Å². The number of hydrogen-bond donors (Lipinski definition) is 0. The maximum Gasteiger partial charge on any atom is 0.417 e. The molecule has 0 unspecified atom stereocenters. The number of hydrogen-bond acceptors (Lipinski definition) is 1. The fraction of sp³-hybridized carbons (Fsp3) is 0. The van der Waals surface area contributed by atoms with Crippen LogP contribution in [0.4, 0.5) is 10.1 Å². The van der Waals surface area contributed by atoms with Crippen molar-refractivity contribution in [3.05, 3.63) is 32.4 Å². The predicted molar refractivity (Wildman–Crippen MR) is 43.9 cm³/mol. The summed E-state index contributed by atoms with van der Waals surface area (Å²) in [6.45, 7) is 0. The standard InChI is InChI=1S/C6H2BrClFN2/c7-4-1-3(9)2-5(8)6(4)11-10/h1-2H/q+1. The van der Waals surface area contributed by atoms with Crippen molar-refractivity contribution in [3.63, 3.8) is 0 Å². The van der Waals surface area contributed by atoms with Crippen LogP contribution in [0.3, 0.4) is 0 Å². The second-order valence-corrected chi connectivity index (χ2v) is 3.08. The third-order valence-corrected chi connectivity index (χ3v) is 1.97. The van der Waals surface area contributed by atoms with Crippen molar-refractivity contribution in [3.8, 4) is 0 Å². The van der Waals surface area contributed by atoms with E-state index in [2.05, 4.69) is 20.9 Å². The highest BCUT2D eigenvalue weighted by Crippen LogP contribution is 2.33. The number of benzene rings is 1. The van der Waals surface area contributed by atoms with Crippen LogP contribution in [0.1, 0.15) is 0 Å². The Morgan fingerprint density at radius 1 is 1.55 bits per heavy atom. The van der Waals surface area contributed by atoms with Crippen molar-refractivity contribution in [2.24, 2.45) is 0 Å². The first-order chi connectivity index (χ1) is 5.15. The lowest BCUT2D eigenvalue weighted by Gasteiger charge is -1.88. The molecule has 1 aromatic carbocycles. The van der Waals surface area contributed by atoms with Gasteiger partial charge in [-0.25, -0.2) is 4.39 Å². The fourth-order valence-electron chi connectivity index (χ4n) is 0.630. The monoisotopic (exact) mass is 235 g/mol. The Bertz CT molecular complexity index is 311. The smallest absolute Gasteiger partial charge is 0.207 e. The molecule has 0 radical (unpaired) electrons. The number of halogens is 3. The molecule has 11 heavy (non-hydrogen) atoms. The van der Waals surface area contributed by atoms with Crippen molar-refractivity contribution in [2.75, 3.05) is 0 Å². The molecule has 0 fully saturated rings. The number of nitrogens with zero attached hydrogens (tertiary/aromatic N) is 2. The van der Waals surface area contributed by atoms with Crippen LogP contribution in [0, 0.1) is 11.2 Å². The topological polar surface area (TPSA) is 28.1 Å².